The topological polar surface area (TPSA) is 70.2 Å². The minimum absolute atomic E-state index is 0. The van der Waals surface area contributed by atoms with Crippen LogP contribution in [0.4, 0.5) is 11.4 Å². The molecule has 1 aromatic carbocycles. The Morgan fingerprint density at radius 2 is 1.83 bits per heavy atom. The number of benzene rings is 1. The van der Waals surface area contributed by atoms with Crippen LogP contribution in [0.1, 0.15) is 32.3 Å². The number of hydrogen-bond acceptors (Lipinski definition) is 3. The monoisotopic (exact) mass is 339 g/mol. The fourth-order valence-electron chi connectivity index (χ4n) is 2.44. The van der Waals surface area contributed by atoms with Gasteiger partial charge in [-0.1, -0.05) is 19.9 Å². The molecule has 23 heavy (non-hydrogen) atoms. The largest absolute Gasteiger partial charge is 0.326 e. The zero-order valence-electron chi connectivity index (χ0n) is 13.9. The number of anilines is 2. The average Bonchev–Trinajstić information content (AvgIpc) is 2.51. The minimum atomic E-state index is -0.0749. The molecule has 0 aliphatic carbocycles. The van der Waals surface area contributed by atoms with Gasteiger partial charge in [-0.2, -0.15) is 0 Å². The molecular weight excluding hydrogens is 314 g/mol. The highest BCUT2D eigenvalue weighted by atomic mass is 35.5. The van der Waals surface area contributed by atoms with Crippen molar-refractivity contribution in [3.63, 3.8) is 0 Å². The van der Waals surface area contributed by atoms with E-state index in [4.69, 9.17) is 0 Å². The van der Waals surface area contributed by atoms with Gasteiger partial charge in [0.25, 0.3) is 0 Å². The van der Waals surface area contributed by atoms with Crippen LogP contribution in [0.25, 0.3) is 0 Å². The maximum absolute atomic E-state index is 12.3. The fraction of sp³-hybridized carbons (Fsp3) is 0.529. The van der Waals surface area contributed by atoms with Crippen molar-refractivity contribution in [2.75, 3.05) is 23.7 Å². The number of nitrogens with one attached hydrogen (secondary N) is 3. The first-order chi connectivity index (χ1) is 10.5. The Labute approximate surface area is 144 Å². The molecule has 0 radical (unpaired) electrons. The summed E-state index contributed by atoms with van der Waals surface area (Å²) in [7, 11) is 0. The van der Waals surface area contributed by atoms with Gasteiger partial charge >= 0.3 is 0 Å². The summed E-state index contributed by atoms with van der Waals surface area (Å²) in [5.74, 6) is 0.0278. The molecule has 0 aromatic heterocycles. The Bertz CT molecular complexity index is 555. The normalized spacial score (nSPS) is 15.0. The quantitative estimate of drug-likeness (QED) is 0.789. The van der Waals surface area contributed by atoms with Crippen molar-refractivity contribution in [1.29, 1.82) is 0 Å². The van der Waals surface area contributed by atoms with Crippen molar-refractivity contribution in [2.24, 2.45) is 11.8 Å². The number of rotatable bonds is 4. The van der Waals surface area contributed by atoms with E-state index in [1.54, 1.807) is 0 Å². The molecule has 0 bridgehead atoms. The number of carbonyl (C=O) groups excluding carboxylic acids is 2. The second kappa shape index (κ2) is 8.89. The van der Waals surface area contributed by atoms with E-state index in [1.807, 2.05) is 39.0 Å². The van der Waals surface area contributed by atoms with Gasteiger partial charge in [0, 0.05) is 23.2 Å². The molecule has 2 amide bonds. The summed E-state index contributed by atoms with van der Waals surface area (Å²) in [6.45, 7) is 7.43. The highest BCUT2D eigenvalue weighted by molar-refractivity contribution is 5.96. The summed E-state index contributed by atoms with van der Waals surface area (Å²) in [6, 6.07) is 5.60. The van der Waals surface area contributed by atoms with Crippen molar-refractivity contribution < 1.29 is 9.59 Å². The molecule has 1 aliphatic rings. The molecule has 5 nitrogen and oxygen atoms in total. The van der Waals surface area contributed by atoms with Crippen LogP contribution in [0.5, 0.6) is 0 Å². The van der Waals surface area contributed by atoms with Crippen molar-refractivity contribution in [2.45, 2.75) is 33.6 Å². The van der Waals surface area contributed by atoms with E-state index >= 15 is 0 Å². The van der Waals surface area contributed by atoms with E-state index in [2.05, 4.69) is 16.0 Å². The summed E-state index contributed by atoms with van der Waals surface area (Å²) in [5.41, 5.74) is 2.47. The van der Waals surface area contributed by atoms with Gasteiger partial charge < -0.3 is 16.0 Å². The van der Waals surface area contributed by atoms with Gasteiger partial charge in [0.15, 0.2) is 0 Å². The van der Waals surface area contributed by atoms with Crippen LogP contribution in [0.2, 0.25) is 0 Å². The van der Waals surface area contributed by atoms with E-state index in [1.165, 1.54) is 0 Å². The van der Waals surface area contributed by atoms with E-state index in [0.717, 1.165) is 37.2 Å². The fourth-order valence-corrected chi connectivity index (χ4v) is 2.44. The Hall–Kier alpha value is -1.59. The first kappa shape index (κ1) is 19.5. The predicted octanol–water partition coefficient (Wildman–Crippen LogP) is 2.95. The smallest absolute Gasteiger partial charge is 0.227 e. The van der Waals surface area contributed by atoms with Crippen LogP contribution in [0.3, 0.4) is 0 Å². The number of hydrogen-bond donors (Lipinski definition) is 3. The van der Waals surface area contributed by atoms with Crippen molar-refractivity contribution in [1.82, 2.24) is 5.32 Å². The molecule has 2 rings (SSSR count). The second-order valence-electron chi connectivity index (χ2n) is 6.19. The molecule has 128 valence electrons. The maximum atomic E-state index is 12.3. The molecule has 0 saturated carbocycles. The Morgan fingerprint density at radius 1 is 1.17 bits per heavy atom. The first-order valence-electron chi connectivity index (χ1n) is 7.90. The Balaban J connectivity index is 0.00000264. The number of amides is 2. The van der Waals surface area contributed by atoms with Crippen LogP contribution in [-0.2, 0) is 9.59 Å². The first-order valence-corrected chi connectivity index (χ1v) is 7.90. The molecule has 1 aliphatic heterocycles. The molecular formula is C17H26ClN3O2. The minimum Gasteiger partial charge on any atom is -0.326 e. The highest BCUT2D eigenvalue weighted by Crippen LogP contribution is 2.23. The van der Waals surface area contributed by atoms with Crippen LogP contribution < -0.4 is 16.0 Å². The summed E-state index contributed by atoms with van der Waals surface area (Å²) >= 11 is 0. The van der Waals surface area contributed by atoms with Gasteiger partial charge in [-0.15, -0.1) is 12.4 Å². The van der Waals surface area contributed by atoms with E-state index in [9.17, 15) is 9.59 Å². The standard InChI is InChI=1S/C17H25N3O2.ClH/c1-11(2)16(21)19-14-5-4-12(3)15(10-14)20-17(22)13-6-8-18-9-7-13;/h4-5,10-11,13,18H,6-9H2,1-3H3,(H,19,21)(H,20,22);1H. The molecule has 1 aromatic rings. The van der Waals surface area contributed by atoms with E-state index in [0.29, 0.717) is 5.69 Å². The molecule has 1 heterocycles. The third-order valence-electron chi connectivity index (χ3n) is 4.00. The molecule has 0 spiro atoms. The zero-order valence-corrected chi connectivity index (χ0v) is 14.8. The zero-order chi connectivity index (χ0) is 16.1. The maximum Gasteiger partial charge on any atom is 0.227 e. The van der Waals surface area contributed by atoms with Crippen molar-refractivity contribution in [3.8, 4) is 0 Å². The van der Waals surface area contributed by atoms with Crippen LogP contribution in [0, 0.1) is 18.8 Å². The summed E-state index contributed by atoms with van der Waals surface area (Å²) in [4.78, 5) is 24.1. The van der Waals surface area contributed by atoms with Gasteiger partial charge in [0.2, 0.25) is 11.8 Å². The highest BCUT2D eigenvalue weighted by Gasteiger charge is 2.21. The lowest BCUT2D eigenvalue weighted by molar-refractivity contribution is -0.120. The Morgan fingerprint density at radius 3 is 2.43 bits per heavy atom. The van der Waals surface area contributed by atoms with Gasteiger partial charge in [0.05, 0.1) is 0 Å². The molecule has 0 unspecified atom stereocenters. The van der Waals surface area contributed by atoms with Crippen molar-refractivity contribution >= 4 is 35.6 Å². The van der Waals surface area contributed by atoms with Crippen molar-refractivity contribution in [3.05, 3.63) is 23.8 Å². The summed E-state index contributed by atoms with van der Waals surface area (Å²) < 4.78 is 0. The molecule has 6 heteroatoms. The third-order valence-corrected chi connectivity index (χ3v) is 4.00. The number of aryl methyl sites for hydroxylation is 1. The lowest BCUT2D eigenvalue weighted by Gasteiger charge is -2.22. The Kier molecular flexibility index (Phi) is 7.52. The van der Waals surface area contributed by atoms with Gasteiger partial charge in [-0.25, -0.2) is 0 Å². The third kappa shape index (κ3) is 5.52. The second-order valence-corrected chi connectivity index (χ2v) is 6.19. The van der Waals surface area contributed by atoms with E-state index < -0.39 is 0 Å². The average molecular weight is 340 g/mol. The SMILES string of the molecule is Cc1ccc(NC(=O)C(C)C)cc1NC(=O)C1CCNCC1.Cl. The molecule has 3 N–H and O–H groups in total. The van der Waals surface area contributed by atoms with Gasteiger partial charge in [-0.3, -0.25) is 9.59 Å². The lowest BCUT2D eigenvalue weighted by Crippen LogP contribution is -2.34. The van der Waals surface area contributed by atoms with Crippen LogP contribution >= 0.6 is 12.4 Å². The molecule has 1 fully saturated rings. The number of piperidine rings is 1. The van der Waals surface area contributed by atoms with Crippen LogP contribution in [0.15, 0.2) is 18.2 Å². The van der Waals surface area contributed by atoms with Crippen LogP contribution in [-0.4, -0.2) is 24.9 Å². The predicted molar refractivity (Wildman–Crippen MR) is 96.1 cm³/mol. The number of carbonyl (C=O) groups is 2. The summed E-state index contributed by atoms with van der Waals surface area (Å²) in [6.07, 6.45) is 1.74. The summed E-state index contributed by atoms with van der Waals surface area (Å²) in [5, 5.41) is 9.12. The van der Waals surface area contributed by atoms with E-state index in [-0.39, 0.29) is 36.1 Å². The molecule has 0 atom stereocenters. The van der Waals surface area contributed by atoms with Gasteiger partial charge in [-0.05, 0) is 50.6 Å². The lowest BCUT2D eigenvalue weighted by atomic mass is 9.97. The molecule has 1 saturated heterocycles. The van der Waals surface area contributed by atoms with Gasteiger partial charge in [0.1, 0.15) is 0 Å². The number of halogens is 1.